The van der Waals surface area contributed by atoms with Crippen molar-refractivity contribution in [1.29, 1.82) is 0 Å². The molecule has 0 saturated carbocycles. The van der Waals surface area contributed by atoms with Gasteiger partial charge in [-0.15, -0.1) is 11.6 Å². The molecule has 0 aliphatic rings. The molecular weight excluding hydrogens is 250 g/mol. The van der Waals surface area contributed by atoms with E-state index in [9.17, 15) is 0 Å². The number of alkyl halides is 1. The van der Waals surface area contributed by atoms with Crippen LogP contribution in [0.3, 0.4) is 0 Å². The van der Waals surface area contributed by atoms with E-state index in [1.807, 2.05) is 6.92 Å². The molecule has 1 rings (SSSR count). The van der Waals surface area contributed by atoms with Crippen molar-refractivity contribution < 1.29 is 4.74 Å². The molecule has 0 aliphatic heterocycles. The molecule has 1 unspecified atom stereocenters. The second-order valence-electron chi connectivity index (χ2n) is 4.37. The van der Waals surface area contributed by atoms with Crippen LogP contribution in [0.5, 0.6) is 5.88 Å². The number of aromatic nitrogens is 2. The molecule has 0 amide bonds. The summed E-state index contributed by atoms with van der Waals surface area (Å²) in [7, 11) is 1.62. The highest BCUT2D eigenvalue weighted by atomic mass is 35.5. The van der Waals surface area contributed by atoms with Gasteiger partial charge in [0, 0.05) is 12.4 Å². The van der Waals surface area contributed by atoms with Gasteiger partial charge in [-0.1, -0.05) is 13.3 Å². The largest absolute Gasteiger partial charge is 0.481 e. The van der Waals surface area contributed by atoms with Gasteiger partial charge in [0.25, 0.3) is 0 Å². The van der Waals surface area contributed by atoms with Crippen molar-refractivity contribution in [1.82, 2.24) is 9.97 Å². The number of nitrogens with zero attached hydrogens (tertiary/aromatic N) is 2. The molecule has 1 N–H and O–H groups in total. The van der Waals surface area contributed by atoms with E-state index in [2.05, 4.69) is 22.2 Å². The Balaban J connectivity index is 2.61. The van der Waals surface area contributed by atoms with Crippen LogP contribution in [0.4, 0.5) is 5.82 Å². The third kappa shape index (κ3) is 4.33. The lowest BCUT2D eigenvalue weighted by molar-refractivity contribution is 0.393. The molecule has 18 heavy (non-hydrogen) atoms. The molecule has 1 aromatic rings. The van der Waals surface area contributed by atoms with Crippen molar-refractivity contribution >= 4 is 17.4 Å². The first-order valence-electron chi connectivity index (χ1n) is 6.38. The number of halogens is 1. The number of hydrogen-bond donors (Lipinski definition) is 1. The molecule has 0 aliphatic carbocycles. The van der Waals surface area contributed by atoms with Gasteiger partial charge in [0.05, 0.1) is 12.7 Å². The molecule has 102 valence electrons. The molecule has 1 atom stereocenters. The maximum atomic E-state index is 5.82. The van der Waals surface area contributed by atoms with Crippen LogP contribution in [0.25, 0.3) is 0 Å². The highest BCUT2D eigenvalue weighted by molar-refractivity contribution is 6.17. The van der Waals surface area contributed by atoms with Gasteiger partial charge in [-0.05, 0) is 25.7 Å². The average Bonchev–Trinajstić information content (AvgIpc) is 2.38. The highest BCUT2D eigenvalue weighted by Gasteiger charge is 2.10. The Kier molecular flexibility index (Phi) is 6.80. The van der Waals surface area contributed by atoms with Crippen molar-refractivity contribution in [2.24, 2.45) is 5.92 Å². The predicted molar refractivity (Wildman–Crippen MR) is 75.5 cm³/mol. The van der Waals surface area contributed by atoms with Gasteiger partial charge in [-0.25, -0.2) is 9.97 Å². The van der Waals surface area contributed by atoms with E-state index in [4.69, 9.17) is 16.3 Å². The maximum absolute atomic E-state index is 5.82. The Morgan fingerprint density at radius 2 is 2.17 bits per heavy atom. The summed E-state index contributed by atoms with van der Waals surface area (Å²) in [6.45, 7) is 5.04. The van der Waals surface area contributed by atoms with Crippen LogP contribution in [-0.2, 0) is 0 Å². The van der Waals surface area contributed by atoms with Crippen LogP contribution < -0.4 is 10.1 Å². The highest BCUT2D eigenvalue weighted by Crippen LogP contribution is 2.21. The Hall–Kier alpha value is -1.03. The standard InChI is InChI=1S/C13H22ClN3O/c1-4-5-11(6-7-14)8-15-12-10(2)13(18-3)17-9-16-12/h9,11H,4-8H2,1-3H3,(H,15,16,17). The monoisotopic (exact) mass is 271 g/mol. The zero-order valence-corrected chi connectivity index (χ0v) is 12.1. The van der Waals surface area contributed by atoms with Crippen molar-refractivity contribution in [2.75, 3.05) is 24.9 Å². The molecule has 0 bridgehead atoms. The first-order valence-corrected chi connectivity index (χ1v) is 6.91. The minimum Gasteiger partial charge on any atom is -0.481 e. The number of methoxy groups -OCH3 is 1. The first kappa shape index (κ1) is 15.0. The molecule has 0 spiro atoms. The van der Waals surface area contributed by atoms with Crippen LogP contribution >= 0.6 is 11.6 Å². The summed E-state index contributed by atoms with van der Waals surface area (Å²) < 4.78 is 5.18. The number of rotatable bonds is 8. The van der Waals surface area contributed by atoms with Gasteiger partial charge < -0.3 is 10.1 Å². The molecule has 1 aromatic heterocycles. The molecular formula is C13H22ClN3O. The number of hydrogen-bond acceptors (Lipinski definition) is 4. The van der Waals surface area contributed by atoms with E-state index >= 15 is 0 Å². The fourth-order valence-corrected chi connectivity index (χ4v) is 2.28. The smallest absolute Gasteiger partial charge is 0.221 e. The number of nitrogens with one attached hydrogen (secondary N) is 1. The van der Waals surface area contributed by atoms with E-state index in [-0.39, 0.29) is 0 Å². The Morgan fingerprint density at radius 1 is 1.39 bits per heavy atom. The summed E-state index contributed by atoms with van der Waals surface area (Å²) in [6, 6.07) is 0. The van der Waals surface area contributed by atoms with Crippen molar-refractivity contribution in [3.63, 3.8) is 0 Å². The lowest BCUT2D eigenvalue weighted by atomic mass is 10.0. The third-order valence-electron chi connectivity index (χ3n) is 3.00. The van der Waals surface area contributed by atoms with E-state index in [0.717, 1.165) is 24.3 Å². The fraction of sp³-hybridized carbons (Fsp3) is 0.692. The minimum atomic E-state index is 0.591. The van der Waals surface area contributed by atoms with Gasteiger partial charge in [0.15, 0.2) is 0 Å². The van der Waals surface area contributed by atoms with Crippen LogP contribution in [0, 0.1) is 12.8 Å². The topological polar surface area (TPSA) is 47.0 Å². The summed E-state index contributed by atoms with van der Waals surface area (Å²) >= 11 is 5.82. The number of anilines is 1. The van der Waals surface area contributed by atoms with E-state index < -0.39 is 0 Å². The summed E-state index contributed by atoms with van der Waals surface area (Å²) in [5.41, 5.74) is 0.945. The summed E-state index contributed by atoms with van der Waals surface area (Å²) in [5, 5.41) is 3.37. The van der Waals surface area contributed by atoms with E-state index in [0.29, 0.717) is 17.7 Å². The van der Waals surface area contributed by atoms with Gasteiger partial charge >= 0.3 is 0 Å². The van der Waals surface area contributed by atoms with E-state index in [1.54, 1.807) is 7.11 Å². The molecule has 0 radical (unpaired) electrons. The SMILES string of the molecule is CCCC(CCCl)CNc1ncnc(OC)c1C. The molecule has 5 heteroatoms. The van der Waals surface area contributed by atoms with Gasteiger partial charge in [-0.2, -0.15) is 0 Å². The zero-order valence-electron chi connectivity index (χ0n) is 11.4. The lowest BCUT2D eigenvalue weighted by Crippen LogP contribution is -2.16. The normalized spacial score (nSPS) is 12.2. The Bertz CT molecular complexity index is 354. The molecule has 0 aromatic carbocycles. The summed E-state index contributed by atoms with van der Waals surface area (Å²) in [5.74, 6) is 2.76. The molecule has 0 saturated heterocycles. The molecule has 1 heterocycles. The molecule has 0 fully saturated rings. The molecule has 4 nitrogen and oxygen atoms in total. The van der Waals surface area contributed by atoms with Gasteiger partial charge in [-0.3, -0.25) is 0 Å². The fourth-order valence-electron chi connectivity index (χ4n) is 1.97. The summed E-state index contributed by atoms with van der Waals surface area (Å²) in [6.07, 6.45) is 4.91. The zero-order chi connectivity index (χ0) is 13.4. The Morgan fingerprint density at radius 3 is 2.78 bits per heavy atom. The van der Waals surface area contributed by atoms with Gasteiger partial charge in [0.2, 0.25) is 5.88 Å². The second-order valence-corrected chi connectivity index (χ2v) is 4.75. The van der Waals surface area contributed by atoms with Crippen LogP contribution in [-0.4, -0.2) is 29.5 Å². The maximum Gasteiger partial charge on any atom is 0.221 e. The summed E-state index contributed by atoms with van der Waals surface area (Å²) in [4.78, 5) is 8.31. The quantitative estimate of drug-likeness (QED) is 0.738. The minimum absolute atomic E-state index is 0.591. The van der Waals surface area contributed by atoms with Crippen molar-refractivity contribution in [2.45, 2.75) is 33.1 Å². The van der Waals surface area contributed by atoms with E-state index in [1.165, 1.54) is 19.2 Å². The first-order chi connectivity index (χ1) is 8.72. The van der Waals surface area contributed by atoms with Crippen LogP contribution in [0.2, 0.25) is 0 Å². The average molecular weight is 272 g/mol. The second kappa shape index (κ2) is 8.14. The van der Waals surface area contributed by atoms with Crippen LogP contribution in [0.1, 0.15) is 31.7 Å². The van der Waals surface area contributed by atoms with Crippen LogP contribution in [0.15, 0.2) is 6.33 Å². The lowest BCUT2D eigenvalue weighted by Gasteiger charge is -2.17. The van der Waals surface area contributed by atoms with Crippen molar-refractivity contribution in [3.05, 3.63) is 11.9 Å². The Labute approximate surface area is 114 Å². The van der Waals surface area contributed by atoms with Gasteiger partial charge in [0.1, 0.15) is 12.1 Å². The predicted octanol–water partition coefficient (Wildman–Crippen LogP) is 3.25. The third-order valence-corrected chi connectivity index (χ3v) is 3.22. The van der Waals surface area contributed by atoms with Crippen molar-refractivity contribution in [3.8, 4) is 5.88 Å². The number of ether oxygens (including phenoxy) is 1.